The summed E-state index contributed by atoms with van der Waals surface area (Å²) >= 11 is 0. The van der Waals surface area contributed by atoms with Crippen LogP contribution in [-0.2, 0) is 14.9 Å². The SMILES string of the molecule is CCOc1ccc([C@@H](C)NS(=O)(=O)N2CCOCC2)cc1OC. The molecule has 0 aromatic heterocycles. The Hall–Kier alpha value is -1.35. The van der Waals surface area contributed by atoms with Crippen LogP contribution in [0.2, 0.25) is 0 Å². The van der Waals surface area contributed by atoms with Crippen LogP contribution >= 0.6 is 0 Å². The van der Waals surface area contributed by atoms with Crippen LogP contribution in [-0.4, -0.2) is 52.7 Å². The van der Waals surface area contributed by atoms with Gasteiger partial charge >= 0.3 is 0 Å². The van der Waals surface area contributed by atoms with E-state index in [9.17, 15) is 8.42 Å². The molecule has 1 atom stereocenters. The first-order valence-corrected chi connectivity index (χ1v) is 9.07. The van der Waals surface area contributed by atoms with Crippen molar-refractivity contribution in [1.82, 2.24) is 9.03 Å². The number of nitrogens with one attached hydrogen (secondary N) is 1. The van der Waals surface area contributed by atoms with E-state index < -0.39 is 10.2 Å². The zero-order valence-electron chi connectivity index (χ0n) is 13.7. The molecule has 1 heterocycles. The molecule has 0 spiro atoms. The summed E-state index contributed by atoms with van der Waals surface area (Å²) in [5.41, 5.74) is 0.808. The number of methoxy groups -OCH3 is 1. The Balaban J connectivity index is 2.11. The number of hydrogen-bond donors (Lipinski definition) is 1. The van der Waals surface area contributed by atoms with Crippen molar-refractivity contribution < 1.29 is 22.6 Å². The molecule has 1 fully saturated rings. The second-order valence-electron chi connectivity index (χ2n) is 5.20. The van der Waals surface area contributed by atoms with E-state index in [1.807, 2.05) is 13.0 Å². The predicted octanol–water partition coefficient (Wildman–Crippen LogP) is 1.32. The van der Waals surface area contributed by atoms with E-state index in [2.05, 4.69) is 4.72 Å². The van der Waals surface area contributed by atoms with Gasteiger partial charge in [0.2, 0.25) is 0 Å². The highest BCUT2D eigenvalue weighted by molar-refractivity contribution is 7.87. The predicted molar refractivity (Wildman–Crippen MR) is 87.0 cm³/mol. The van der Waals surface area contributed by atoms with Crippen molar-refractivity contribution in [1.29, 1.82) is 0 Å². The van der Waals surface area contributed by atoms with E-state index in [1.54, 1.807) is 26.2 Å². The van der Waals surface area contributed by atoms with Gasteiger partial charge in [-0.1, -0.05) is 6.07 Å². The molecule has 1 aromatic carbocycles. The molecule has 2 rings (SSSR count). The lowest BCUT2D eigenvalue weighted by Crippen LogP contribution is -2.47. The minimum Gasteiger partial charge on any atom is -0.493 e. The van der Waals surface area contributed by atoms with Crippen LogP contribution in [0.5, 0.6) is 11.5 Å². The maximum atomic E-state index is 12.4. The van der Waals surface area contributed by atoms with Gasteiger partial charge in [0.1, 0.15) is 0 Å². The Labute approximate surface area is 137 Å². The number of ether oxygens (including phenoxy) is 3. The molecule has 0 bridgehead atoms. The lowest BCUT2D eigenvalue weighted by atomic mass is 10.1. The Morgan fingerprint density at radius 1 is 1.30 bits per heavy atom. The van der Waals surface area contributed by atoms with E-state index in [-0.39, 0.29) is 6.04 Å². The van der Waals surface area contributed by atoms with Gasteiger partial charge in [0.15, 0.2) is 11.5 Å². The fraction of sp³-hybridized carbons (Fsp3) is 0.600. The standard InChI is InChI=1S/C15H24N2O5S/c1-4-22-14-6-5-13(11-15(14)20-3)12(2)16-23(18,19)17-7-9-21-10-8-17/h5-6,11-12,16H,4,7-10H2,1-3H3/t12-/m1/s1. The van der Waals surface area contributed by atoms with E-state index in [1.165, 1.54) is 4.31 Å². The Kier molecular flexibility index (Phi) is 6.23. The largest absolute Gasteiger partial charge is 0.493 e. The molecular weight excluding hydrogens is 320 g/mol. The third-order valence-electron chi connectivity index (χ3n) is 3.62. The highest BCUT2D eigenvalue weighted by Crippen LogP contribution is 2.30. The molecule has 0 unspecified atom stereocenters. The van der Waals surface area contributed by atoms with E-state index in [0.717, 1.165) is 5.56 Å². The van der Waals surface area contributed by atoms with Crippen LogP contribution in [0.4, 0.5) is 0 Å². The Bertz CT molecular complexity index is 614. The van der Waals surface area contributed by atoms with Gasteiger partial charge in [-0.25, -0.2) is 0 Å². The highest BCUT2D eigenvalue weighted by atomic mass is 32.2. The number of nitrogens with zero attached hydrogens (tertiary/aromatic N) is 1. The highest BCUT2D eigenvalue weighted by Gasteiger charge is 2.26. The second-order valence-corrected chi connectivity index (χ2v) is 6.90. The molecule has 23 heavy (non-hydrogen) atoms. The van der Waals surface area contributed by atoms with Crippen LogP contribution in [0.1, 0.15) is 25.5 Å². The maximum Gasteiger partial charge on any atom is 0.280 e. The maximum absolute atomic E-state index is 12.4. The van der Waals surface area contributed by atoms with Gasteiger partial charge in [0.05, 0.1) is 26.9 Å². The van der Waals surface area contributed by atoms with E-state index in [0.29, 0.717) is 44.4 Å². The Morgan fingerprint density at radius 2 is 2.00 bits per heavy atom. The zero-order valence-corrected chi connectivity index (χ0v) is 14.6. The topological polar surface area (TPSA) is 77.1 Å². The molecule has 0 aliphatic carbocycles. The van der Waals surface area contributed by atoms with Crippen molar-refractivity contribution in [2.24, 2.45) is 0 Å². The van der Waals surface area contributed by atoms with E-state index >= 15 is 0 Å². The zero-order chi connectivity index (χ0) is 16.9. The average Bonchev–Trinajstić information content (AvgIpc) is 2.56. The third kappa shape index (κ3) is 4.57. The summed E-state index contributed by atoms with van der Waals surface area (Å²) in [4.78, 5) is 0. The van der Waals surface area contributed by atoms with Gasteiger partial charge in [0, 0.05) is 19.1 Å². The first kappa shape index (κ1) is 18.0. The van der Waals surface area contributed by atoms with Gasteiger partial charge in [-0.2, -0.15) is 17.4 Å². The molecule has 130 valence electrons. The third-order valence-corrected chi connectivity index (χ3v) is 5.32. The number of morpholine rings is 1. The molecular formula is C15H24N2O5S. The van der Waals surface area contributed by atoms with Crippen molar-refractivity contribution in [2.45, 2.75) is 19.9 Å². The number of rotatable bonds is 7. The smallest absolute Gasteiger partial charge is 0.280 e. The van der Waals surface area contributed by atoms with E-state index in [4.69, 9.17) is 14.2 Å². The molecule has 1 aromatic rings. The Morgan fingerprint density at radius 3 is 2.61 bits per heavy atom. The van der Waals surface area contributed by atoms with Crippen molar-refractivity contribution in [3.63, 3.8) is 0 Å². The molecule has 1 saturated heterocycles. The second kappa shape index (κ2) is 7.96. The van der Waals surface area contributed by atoms with Crippen molar-refractivity contribution in [2.75, 3.05) is 40.0 Å². The molecule has 0 radical (unpaired) electrons. The molecule has 1 aliphatic rings. The first-order valence-electron chi connectivity index (χ1n) is 7.63. The quantitative estimate of drug-likeness (QED) is 0.807. The van der Waals surface area contributed by atoms with Crippen LogP contribution in [0.25, 0.3) is 0 Å². The summed E-state index contributed by atoms with van der Waals surface area (Å²) in [5.74, 6) is 1.23. The number of benzene rings is 1. The van der Waals surface area contributed by atoms with Crippen LogP contribution in [0.15, 0.2) is 18.2 Å². The molecule has 8 heteroatoms. The van der Waals surface area contributed by atoms with Gasteiger partial charge in [-0.3, -0.25) is 0 Å². The fourth-order valence-corrected chi connectivity index (χ4v) is 3.74. The van der Waals surface area contributed by atoms with Crippen molar-refractivity contribution in [3.05, 3.63) is 23.8 Å². The number of hydrogen-bond acceptors (Lipinski definition) is 5. The lowest BCUT2D eigenvalue weighted by molar-refractivity contribution is 0.0723. The van der Waals surface area contributed by atoms with Crippen LogP contribution < -0.4 is 14.2 Å². The van der Waals surface area contributed by atoms with Gasteiger partial charge in [-0.05, 0) is 31.5 Å². The normalized spacial score (nSPS) is 17.7. The monoisotopic (exact) mass is 344 g/mol. The first-order chi connectivity index (χ1) is 11.0. The minimum atomic E-state index is -3.54. The van der Waals surface area contributed by atoms with Crippen molar-refractivity contribution >= 4 is 10.2 Å². The van der Waals surface area contributed by atoms with Crippen LogP contribution in [0, 0.1) is 0 Å². The summed E-state index contributed by atoms with van der Waals surface area (Å²) in [5, 5.41) is 0. The summed E-state index contributed by atoms with van der Waals surface area (Å²) < 4.78 is 44.9. The van der Waals surface area contributed by atoms with Gasteiger partial charge in [0.25, 0.3) is 10.2 Å². The molecule has 1 N–H and O–H groups in total. The molecule has 1 aliphatic heterocycles. The van der Waals surface area contributed by atoms with Crippen LogP contribution in [0.3, 0.4) is 0 Å². The summed E-state index contributed by atoms with van der Waals surface area (Å²) in [6, 6.07) is 5.03. The summed E-state index contributed by atoms with van der Waals surface area (Å²) in [6.45, 7) is 5.82. The molecule has 0 amide bonds. The average molecular weight is 344 g/mol. The van der Waals surface area contributed by atoms with Crippen molar-refractivity contribution in [3.8, 4) is 11.5 Å². The minimum absolute atomic E-state index is 0.370. The fourth-order valence-electron chi connectivity index (χ4n) is 2.38. The molecule has 7 nitrogen and oxygen atoms in total. The summed E-state index contributed by atoms with van der Waals surface area (Å²) in [6.07, 6.45) is 0. The summed E-state index contributed by atoms with van der Waals surface area (Å²) in [7, 11) is -1.98. The van der Waals surface area contributed by atoms with Gasteiger partial charge < -0.3 is 14.2 Å². The van der Waals surface area contributed by atoms with Gasteiger partial charge in [-0.15, -0.1) is 0 Å². The lowest BCUT2D eigenvalue weighted by Gasteiger charge is -2.28. The molecule has 0 saturated carbocycles.